The van der Waals surface area contributed by atoms with Crippen molar-refractivity contribution < 1.29 is 19.3 Å². The van der Waals surface area contributed by atoms with E-state index in [1.165, 1.54) is 4.90 Å². The quantitative estimate of drug-likeness (QED) is 0.760. The molecular formula is C10H14N4O4. The Kier molecular flexibility index (Phi) is 3.17. The highest BCUT2D eigenvalue weighted by Crippen LogP contribution is 2.24. The van der Waals surface area contributed by atoms with E-state index in [1.807, 2.05) is 6.92 Å². The molecule has 1 saturated heterocycles. The minimum Gasteiger partial charge on any atom is -0.480 e. The van der Waals surface area contributed by atoms with Crippen molar-refractivity contribution in [3.8, 4) is 0 Å². The number of anilines is 1. The van der Waals surface area contributed by atoms with Gasteiger partial charge in [-0.2, -0.15) is 0 Å². The molecule has 2 unspecified atom stereocenters. The molecular weight excluding hydrogens is 240 g/mol. The van der Waals surface area contributed by atoms with Gasteiger partial charge in [-0.25, -0.2) is 9.42 Å². The van der Waals surface area contributed by atoms with Gasteiger partial charge in [-0.1, -0.05) is 6.92 Å². The molecule has 0 aliphatic carbocycles. The molecule has 0 saturated carbocycles. The summed E-state index contributed by atoms with van der Waals surface area (Å²) in [6, 6.07) is -0.850. The average molecular weight is 254 g/mol. The van der Waals surface area contributed by atoms with Crippen LogP contribution in [0.25, 0.3) is 0 Å². The number of hydrogen-bond acceptors (Lipinski definition) is 6. The number of aromatic nitrogens is 2. The fourth-order valence-electron chi connectivity index (χ4n) is 2.10. The third-order valence-electron chi connectivity index (χ3n) is 3.13. The molecule has 0 spiro atoms. The summed E-state index contributed by atoms with van der Waals surface area (Å²) in [5, 5.41) is 15.9. The highest BCUT2D eigenvalue weighted by atomic mass is 16.6. The fourth-order valence-corrected chi connectivity index (χ4v) is 2.10. The first-order valence-electron chi connectivity index (χ1n) is 5.62. The lowest BCUT2D eigenvalue weighted by atomic mass is 9.92. The van der Waals surface area contributed by atoms with E-state index in [4.69, 9.17) is 10.8 Å². The van der Waals surface area contributed by atoms with E-state index in [-0.39, 0.29) is 17.4 Å². The zero-order valence-electron chi connectivity index (χ0n) is 9.87. The Bertz CT molecular complexity index is 472. The smallest absolute Gasteiger partial charge is 0.326 e. The number of carboxylic acid groups (broad SMARTS) is 1. The number of piperidine rings is 1. The van der Waals surface area contributed by atoms with E-state index in [9.17, 15) is 9.59 Å². The molecule has 1 aliphatic heterocycles. The van der Waals surface area contributed by atoms with Crippen LogP contribution in [0, 0.1) is 5.92 Å². The Morgan fingerprint density at radius 3 is 2.78 bits per heavy atom. The van der Waals surface area contributed by atoms with Crippen LogP contribution in [0.3, 0.4) is 0 Å². The molecule has 0 radical (unpaired) electrons. The summed E-state index contributed by atoms with van der Waals surface area (Å²) < 4.78 is 4.35. The van der Waals surface area contributed by atoms with Crippen molar-refractivity contribution in [2.75, 3.05) is 12.3 Å². The van der Waals surface area contributed by atoms with Crippen molar-refractivity contribution in [2.24, 2.45) is 5.92 Å². The lowest BCUT2D eigenvalue weighted by molar-refractivity contribution is -0.144. The number of amides is 1. The van der Waals surface area contributed by atoms with Gasteiger partial charge in [0.25, 0.3) is 5.91 Å². The van der Waals surface area contributed by atoms with E-state index < -0.39 is 17.9 Å². The summed E-state index contributed by atoms with van der Waals surface area (Å²) >= 11 is 0. The molecule has 2 heterocycles. The predicted octanol–water partition coefficient (Wildman–Crippen LogP) is -0.0229. The van der Waals surface area contributed by atoms with Crippen LogP contribution in [0.4, 0.5) is 5.82 Å². The number of likely N-dealkylation sites (tertiary alicyclic amines) is 1. The SMILES string of the molecule is CC1CCN(C(=O)c2nonc2N)C(C(=O)O)C1. The van der Waals surface area contributed by atoms with Crippen LogP contribution in [-0.4, -0.2) is 44.8 Å². The first-order chi connectivity index (χ1) is 8.50. The van der Waals surface area contributed by atoms with Gasteiger partial charge >= 0.3 is 5.97 Å². The van der Waals surface area contributed by atoms with Crippen molar-refractivity contribution >= 4 is 17.7 Å². The molecule has 1 aromatic rings. The molecule has 1 fully saturated rings. The number of nitrogen functional groups attached to an aromatic ring is 1. The van der Waals surface area contributed by atoms with Crippen molar-refractivity contribution in [1.29, 1.82) is 0 Å². The van der Waals surface area contributed by atoms with Gasteiger partial charge in [0.15, 0.2) is 0 Å². The van der Waals surface area contributed by atoms with Gasteiger partial charge in [0.1, 0.15) is 6.04 Å². The summed E-state index contributed by atoms with van der Waals surface area (Å²) in [4.78, 5) is 24.6. The number of carbonyl (C=O) groups excluding carboxylic acids is 1. The zero-order chi connectivity index (χ0) is 13.3. The molecule has 2 rings (SSSR count). The molecule has 1 amide bonds. The summed E-state index contributed by atoms with van der Waals surface area (Å²) in [6.45, 7) is 2.33. The van der Waals surface area contributed by atoms with Crippen LogP contribution in [-0.2, 0) is 4.79 Å². The van der Waals surface area contributed by atoms with Crippen LogP contribution in [0.2, 0.25) is 0 Å². The Balaban J connectivity index is 2.23. The summed E-state index contributed by atoms with van der Waals surface area (Å²) in [5.74, 6) is -1.43. The number of aliphatic carboxylic acids is 1. The maximum atomic E-state index is 12.1. The molecule has 3 N–H and O–H groups in total. The van der Waals surface area contributed by atoms with E-state index in [2.05, 4.69) is 14.9 Å². The second-order valence-electron chi connectivity index (χ2n) is 4.48. The molecule has 0 bridgehead atoms. The maximum absolute atomic E-state index is 12.1. The second-order valence-corrected chi connectivity index (χ2v) is 4.48. The van der Waals surface area contributed by atoms with E-state index in [0.717, 1.165) is 6.42 Å². The third kappa shape index (κ3) is 2.13. The lowest BCUT2D eigenvalue weighted by Gasteiger charge is -2.35. The molecule has 1 aliphatic rings. The minimum atomic E-state index is -1.02. The number of rotatable bonds is 2. The van der Waals surface area contributed by atoms with E-state index in [0.29, 0.717) is 13.0 Å². The summed E-state index contributed by atoms with van der Waals surface area (Å²) in [5.41, 5.74) is 5.31. The number of carboxylic acids is 1. The highest BCUT2D eigenvalue weighted by molar-refractivity contribution is 5.98. The molecule has 98 valence electrons. The molecule has 1 aromatic heterocycles. The second kappa shape index (κ2) is 4.63. The molecule has 2 atom stereocenters. The van der Waals surface area contributed by atoms with Gasteiger partial charge < -0.3 is 15.7 Å². The average Bonchev–Trinajstić information content (AvgIpc) is 2.74. The first-order valence-corrected chi connectivity index (χ1v) is 5.62. The predicted molar refractivity (Wildman–Crippen MR) is 59.6 cm³/mol. The Labute approximate surface area is 103 Å². The summed E-state index contributed by atoms with van der Waals surface area (Å²) in [7, 11) is 0. The molecule has 18 heavy (non-hydrogen) atoms. The van der Waals surface area contributed by atoms with Crippen molar-refractivity contribution in [2.45, 2.75) is 25.8 Å². The van der Waals surface area contributed by atoms with Gasteiger partial charge in [0, 0.05) is 6.54 Å². The third-order valence-corrected chi connectivity index (χ3v) is 3.13. The number of hydrogen-bond donors (Lipinski definition) is 2. The van der Waals surface area contributed by atoms with Gasteiger partial charge in [-0.3, -0.25) is 4.79 Å². The Morgan fingerprint density at radius 2 is 2.22 bits per heavy atom. The topological polar surface area (TPSA) is 123 Å². The van der Waals surface area contributed by atoms with E-state index >= 15 is 0 Å². The minimum absolute atomic E-state index is 0.122. The molecule has 8 heteroatoms. The highest BCUT2D eigenvalue weighted by Gasteiger charge is 2.37. The lowest BCUT2D eigenvalue weighted by Crippen LogP contribution is -2.50. The maximum Gasteiger partial charge on any atom is 0.326 e. The fraction of sp³-hybridized carbons (Fsp3) is 0.600. The van der Waals surface area contributed by atoms with Crippen LogP contribution in [0.15, 0.2) is 4.63 Å². The molecule has 0 aromatic carbocycles. The van der Waals surface area contributed by atoms with Crippen molar-refractivity contribution in [3.63, 3.8) is 0 Å². The van der Waals surface area contributed by atoms with Crippen LogP contribution in [0.1, 0.15) is 30.3 Å². The van der Waals surface area contributed by atoms with Gasteiger partial charge in [0.05, 0.1) is 0 Å². The van der Waals surface area contributed by atoms with E-state index in [1.54, 1.807) is 0 Å². The van der Waals surface area contributed by atoms with Crippen molar-refractivity contribution in [3.05, 3.63) is 5.69 Å². The largest absolute Gasteiger partial charge is 0.480 e. The van der Waals surface area contributed by atoms with Gasteiger partial charge in [-0.15, -0.1) is 0 Å². The number of nitrogens with two attached hydrogens (primary N) is 1. The van der Waals surface area contributed by atoms with Crippen LogP contribution < -0.4 is 5.73 Å². The molecule has 8 nitrogen and oxygen atoms in total. The number of carbonyl (C=O) groups is 2. The van der Waals surface area contributed by atoms with Crippen molar-refractivity contribution in [1.82, 2.24) is 15.2 Å². The standard InChI is InChI=1S/C10H14N4O4/c1-5-2-3-14(6(4-5)10(16)17)9(15)7-8(11)13-18-12-7/h5-6H,2-4H2,1H3,(H2,11,13)(H,16,17). The van der Waals surface area contributed by atoms with Crippen LogP contribution >= 0.6 is 0 Å². The number of nitrogens with zero attached hydrogens (tertiary/aromatic N) is 3. The van der Waals surface area contributed by atoms with Gasteiger partial charge in [0.2, 0.25) is 11.5 Å². The zero-order valence-corrected chi connectivity index (χ0v) is 9.87. The Morgan fingerprint density at radius 1 is 1.50 bits per heavy atom. The first kappa shape index (κ1) is 12.3. The monoisotopic (exact) mass is 254 g/mol. The van der Waals surface area contributed by atoms with Crippen LogP contribution in [0.5, 0.6) is 0 Å². The normalized spacial score (nSPS) is 23.9. The summed E-state index contributed by atoms with van der Waals surface area (Å²) in [6.07, 6.45) is 1.17. The Hall–Kier alpha value is -2.12. The van der Waals surface area contributed by atoms with Gasteiger partial charge in [-0.05, 0) is 29.1 Å².